The lowest BCUT2D eigenvalue weighted by Crippen LogP contribution is -2.55. The van der Waals surface area contributed by atoms with Crippen LogP contribution in [-0.2, 0) is 9.59 Å². The van der Waals surface area contributed by atoms with E-state index in [9.17, 15) is 9.59 Å². The molecule has 2 aliphatic rings. The third-order valence-corrected chi connectivity index (χ3v) is 3.77. The van der Waals surface area contributed by atoms with E-state index in [2.05, 4.69) is 15.2 Å². The maximum Gasteiger partial charge on any atom is 0.328 e. The highest BCUT2D eigenvalue weighted by atomic mass is 35.5. The first-order valence-corrected chi connectivity index (χ1v) is 7.08. The zero-order chi connectivity index (χ0) is 16.1. The summed E-state index contributed by atoms with van der Waals surface area (Å²) in [5, 5.41) is 19.6. The van der Waals surface area contributed by atoms with Crippen LogP contribution in [0.3, 0.4) is 0 Å². The van der Waals surface area contributed by atoms with Crippen LogP contribution in [0.15, 0.2) is 30.5 Å². The third-order valence-electron chi connectivity index (χ3n) is 3.55. The second-order valence-electron chi connectivity index (χ2n) is 4.99. The van der Waals surface area contributed by atoms with Crippen LogP contribution >= 0.6 is 11.6 Å². The highest BCUT2D eigenvalue weighted by molar-refractivity contribution is 6.29. The Bertz CT molecular complexity index is 560. The molecule has 1 aromatic rings. The number of carboxylic acids is 2. The highest BCUT2D eigenvalue weighted by Gasteiger charge is 2.42. The van der Waals surface area contributed by atoms with Crippen molar-refractivity contribution in [3.63, 3.8) is 0 Å². The Morgan fingerprint density at radius 2 is 1.95 bits per heavy atom. The largest absolute Gasteiger partial charge is 0.478 e. The van der Waals surface area contributed by atoms with Gasteiger partial charge in [-0.1, -0.05) is 11.6 Å². The molecule has 2 saturated heterocycles. The van der Waals surface area contributed by atoms with E-state index in [0.717, 1.165) is 19.0 Å². The molecule has 3 N–H and O–H groups in total. The number of carbonyl (C=O) groups is 2. The highest BCUT2D eigenvalue weighted by Crippen LogP contribution is 2.32. The number of nitrogens with one attached hydrogen (secondary N) is 1. The van der Waals surface area contributed by atoms with Gasteiger partial charge in [0.1, 0.15) is 5.15 Å². The summed E-state index contributed by atoms with van der Waals surface area (Å²) in [4.78, 5) is 25.6. The summed E-state index contributed by atoms with van der Waals surface area (Å²) in [7, 11) is 0. The Morgan fingerprint density at radius 1 is 1.27 bits per heavy atom. The first kappa shape index (κ1) is 16.3. The number of hydrogen-bond donors (Lipinski definition) is 3. The molecule has 2 atom stereocenters. The van der Waals surface area contributed by atoms with Crippen LogP contribution in [0.25, 0.3) is 0 Å². The second-order valence-corrected chi connectivity index (χ2v) is 5.37. The zero-order valence-corrected chi connectivity index (χ0v) is 12.4. The van der Waals surface area contributed by atoms with Crippen molar-refractivity contribution in [2.45, 2.75) is 6.04 Å². The summed E-state index contributed by atoms with van der Waals surface area (Å²) in [6, 6.07) is 4.58. The molecule has 7 nitrogen and oxygen atoms in total. The van der Waals surface area contributed by atoms with E-state index in [4.69, 9.17) is 21.8 Å². The number of aromatic nitrogens is 1. The molecule has 0 bridgehead atoms. The summed E-state index contributed by atoms with van der Waals surface area (Å²) < 4.78 is 0. The van der Waals surface area contributed by atoms with E-state index in [0.29, 0.717) is 23.3 Å². The van der Waals surface area contributed by atoms with Crippen LogP contribution in [-0.4, -0.2) is 52.8 Å². The zero-order valence-electron chi connectivity index (χ0n) is 11.6. The quantitative estimate of drug-likeness (QED) is 0.559. The van der Waals surface area contributed by atoms with Gasteiger partial charge in [0.2, 0.25) is 0 Å². The molecule has 2 fully saturated rings. The molecule has 0 saturated carbocycles. The lowest BCUT2D eigenvalue weighted by Gasteiger charge is -2.45. The van der Waals surface area contributed by atoms with Crippen molar-refractivity contribution in [3.05, 3.63) is 35.6 Å². The maximum atomic E-state index is 9.55. The predicted molar refractivity (Wildman–Crippen MR) is 81.2 cm³/mol. The van der Waals surface area contributed by atoms with Crippen molar-refractivity contribution in [1.29, 1.82) is 0 Å². The smallest absolute Gasteiger partial charge is 0.328 e. The Labute approximate surface area is 132 Å². The van der Waals surface area contributed by atoms with Gasteiger partial charge in [-0.25, -0.2) is 14.6 Å². The molecule has 0 aliphatic carbocycles. The fourth-order valence-corrected chi connectivity index (χ4v) is 2.61. The van der Waals surface area contributed by atoms with Gasteiger partial charge < -0.3 is 20.4 Å². The number of carboxylic acid groups (broad SMARTS) is 2. The van der Waals surface area contributed by atoms with Crippen LogP contribution in [0, 0.1) is 5.92 Å². The fourth-order valence-electron chi connectivity index (χ4n) is 2.50. The molecule has 0 amide bonds. The Morgan fingerprint density at radius 3 is 2.45 bits per heavy atom. The molecule has 8 heteroatoms. The number of halogens is 1. The number of aliphatic carboxylic acids is 2. The monoisotopic (exact) mass is 325 g/mol. The van der Waals surface area contributed by atoms with E-state index in [1.807, 2.05) is 18.3 Å². The molecular weight excluding hydrogens is 310 g/mol. The van der Waals surface area contributed by atoms with E-state index < -0.39 is 11.9 Å². The molecular formula is C14H16ClN3O4. The molecule has 0 unspecified atom stereocenters. The van der Waals surface area contributed by atoms with E-state index in [1.54, 1.807) is 0 Å². The molecule has 0 aromatic carbocycles. The first-order chi connectivity index (χ1) is 10.5. The number of hydrogen-bond acceptors (Lipinski definition) is 5. The van der Waals surface area contributed by atoms with Crippen molar-refractivity contribution in [3.8, 4) is 0 Å². The fraction of sp³-hybridized carbons (Fsp3) is 0.357. The average Bonchev–Trinajstić information content (AvgIpc) is 2.81. The van der Waals surface area contributed by atoms with Crippen LogP contribution in [0.5, 0.6) is 0 Å². The van der Waals surface area contributed by atoms with Gasteiger partial charge >= 0.3 is 11.9 Å². The lowest BCUT2D eigenvalue weighted by atomic mass is 9.91. The van der Waals surface area contributed by atoms with Gasteiger partial charge in [0.05, 0.1) is 11.9 Å². The molecule has 1 aromatic heterocycles. The van der Waals surface area contributed by atoms with Crippen molar-refractivity contribution in [2.24, 2.45) is 5.92 Å². The van der Waals surface area contributed by atoms with E-state index >= 15 is 0 Å². The Hall–Kier alpha value is -2.12. The summed E-state index contributed by atoms with van der Waals surface area (Å²) in [6.07, 6.45) is 2.97. The van der Waals surface area contributed by atoms with Crippen LogP contribution in [0.1, 0.15) is 0 Å². The number of rotatable bonds is 3. The third kappa shape index (κ3) is 4.19. The molecule has 0 spiro atoms. The Balaban J connectivity index is 0.000000192. The molecule has 118 valence electrons. The van der Waals surface area contributed by atoms with Gasteiger partial charge in [-0.3, -0.25) is 0 Å². The molecule has 22 heavy (non-hydrogen) atoms. The number of anilines is 1. The van der Waals surface area contributed by atoms with Gasteiger partial charge in [-0.2, -0.15) is 0 Å². The SMILES string of the molecule is Clc1ccc(N2C[C@H]3CNC[C@H]32)cn1.O=C(O)/C=C/C(=O)O. The minimum absolute atomic E-state index is 0.558. The van der Waals surface area contributed by atoms with Crippen molar-refractivity contribution in [1.82, 2.24) is 10.3 Å². The van der Waals surface area contributed by atoms with Crippen LogP contribution in [0.4, 0.5) is 5.69 Å². The second kappa shape index (κ2) is 7.24. The van der Waals surface area contributed by atoms with Crippen molar-refractivity contribution < 1.29 is 19.8 Å². The van der Waals surface area contributed by atoms with Gasteiger partial charge in [0.15, 0.2) is 0 Å². The topological polar surface area (TPSA) is 103 Å². The lowest BCUT2D eigenvalue weighted by molar-refractivity contribution is -0.134. The summed E-state index contributed by atoms with van der Waals surface area (Å²) in [5.41, 5.74) is 1.19. The first-order valence-electron chi connectivity index (χ1n) is 6.70. The van der Waals surface area contributed by atoms with E-state index in [-0.39, 0.29) is 0 Å². The standard InChI is InChI=1S/C10H12ClN3.C4H4O4/c11-10-2-1-8(4-13-10)14-6-7-3-12-5-9(7)14;5-3(6)1-2-4(7)8/h1-2,4,7,9,12H,3,5-6H2;1-2H,(H,5,6)(H,7,8)/b;2-1+/t7-,9-;/m1./s1. The summed E-state index contributed by atoms with van der Waals surface area (Å²) in [6.45, 7) is 3.43. The van der Waals surface area contributed by atoms with Crippen LogP contribution in [0.2, 0.25) is 5.15 Å². The average molecular weight is 326 g/mol. The molecule has 3 heterocycles. The van der Waals surface area contributed by atoms with E-state index in [1.165, 1.54) is 12.2 Å². The van der Waals surface area contributed by atoms with Crippen molar-refractivity contribution in [2.75, 3.05) is 24.5 Å². The molecule has 3 rings (SSSR count). The molecule has 0 radical (unpaired) electrons. The maximum absolute atomic E-state index is 9.55. The minimum atomic E-state index is -1.26. The number of fused-ring (bicyclic) bond motifs is 1. The van der Waals surface area contributed by atoms with Crippen LogP contribution < -0.4 is 10.2 Å². The Kier molecular flexibility index (Phi) is 5.35. The van der Waals surface area contributed by atoms with Gasteiger partial charge in [-0.15, -0.1) is 0 Å². The number of nitrogens with zero attached hydrogens (tertiary/aromatic N) is 2. The molecule has 2 aliphatic heterocycles. The summed E-state index contributed by atoms with van der Waals surface area (Å²) in [5.74, 6) is -1.68. The van der Waals surface area contributed by atoms with Gasteiger partial charge in [-0.05, 0) is 12.1 Å². The number of pyridine rings is 1. The van der Waals surface area contributed by atoms with Gasteiger partial charge in [0, 0.05) is 43.7 Å². The normalized spacial score (nSPS) is 22.5. The van der Waals surface area contributed by atoms with Crippen molar-refractivity contribution >= 4 is 29.2 Å². The predicted octanol–water partition coefficient (Wildman–Crippen LogP) is 0.855. The minimum Gasteiger partial charge on any atom is -0.478 e. The summed E-state index contributed by atoms with van der Waals surface area (Å²) >= 11 is 5.75. The van der Waals surface area contributed by atoms with Gasteiger partial charge in [0.25, 0.3) is 0 Å².